The summed E-state index contributed by atoms with van der Waals surface area (Å²) >= 11 is 1.53. The summed E-state index contributed by atoms with van der Waals surface area (Å²) in [4.78, 5) is 24.1. The lowest BCUT2D eigenvalue weighted by atomic mass is 9.75. The van der Waals surface area contributed by atoms with Crippen LogP contribution in [-0.2, 0) is 22.5 Å². The van der Waals surface area contributed by atoms with Crippen molar-refractivity contribution in [1.82, 2.24) is 14.9 Å². The van der Waals surface area contributed by atoms with E-state index in [4.69, 9.17) is 9.47 Å². The van der Waals surface area contributed by atoms with Crippen LogP contribution < -0.4 is 4.74 Å². The number of hydrogen-bond donors (Lipinski definition) is 0. The summed E-state index contributed by atoms with van der Waals surface area (Å²) in [6.07, 6.45) is 8.13. The molecule has 0 unspecified atom stereocenters. The van der Waals surface area contributed by atoms with Gasteiger partial charge < -0.3 is 9.47 Å². The van der Waals surface area contributed by atoms with Gasteiger partial charge in [-0.15, -0.1) is 0 Å². The van der Waals surface area contributed by atoms with Gasteiger partial charge in [0.15, 0.2) is 5.16 Å². The Kier molecular flexibility index (Phi) is 7.50. The van der Waals surface area contributed by atoms with E-state index in [-0.39, 0.29) is 5.97 Å². The van der Waals surface area contributed by atoms with E-state index in [2.05, 4.69) is 20.9 Å². The molecule has 0 spiro atoms. The van der Waals surface area contributed by atoms with Gasteiger partial charge in [-0.05, 0) is 56.7 Å². The third kappa shape index (κ3) is 5.48. The summed E-state index contributed by atoms with van der Waals surface area (Å²) in [7, 11) is 1.66. The average Bonchev–Trinajstić information content (AvgIpc) is 2.75. The molecule has 1 aliphatic rings. The molecule has 2 heterocycles. The molecule has 0 bridgehead atoms. The first kappa shape index (κ1) is 21.6. The first-order valence-electron chi connectivity index (χ1n) is 9.96. The predicted molar refractivity (Wildman–Crippen MR) is 114 cm³/mol. The molecule has 0 saturated carbocycles. The predicted octanol–water partition coefficient (Wildman–Crippen LogP) is 3.60. The Labute approximate surface area is 177 Å². The van der Waals surface area contributed by atoms with Crippen molar-refractivity contribution < 1.29 is 14.3 Å². The molecule has 1 aromatic heterocycles. The van der Waals surface area contributed by atoms with Crippen LogP contribution in [0, 0.1) is 5.41 Å². The van der Waals surface area contributed by atoms with Gasteiger partial charge in [0.2, 0.25) is 0 Å². The lowest BCUT2D eigenvalue weighted by Crippen LogP contribution is -2.49. The van der Waals surface area contributed by atoms with Gasteiger partial charge in [0.05, 0.1) is 19.1 Å². The third-order valence-electron chi connectivity index (χ3n) is 5.31. The summed E-state index contributed by atoms with van der Waals surface area (Å²) in [5, 5.41) is 0.770. The van der Waals surface area contributed by atoms with Crippen LogP contribution in [0.1, 0.15) is 30.9 Å². The SMILES string of the molecule is CCOC(=O)[C@@]1(Cc2cccc(OC)c2)CCCN(Cc2cnc(SC)nc2)C1. The number of thioether (sulfide) groups is 1. The molecule has 1 atom stereocenters. The zero-order valence-corrected chi connectivity index (χ0v) is 18.2. The van der Waals surface area contributed by atoms with Gasteiger partial charge in [-0.25, -0.2) is 9.97 Å². The Morgan fingerprint density at radius 2 is 2.07 bits per heavy atom. The highest BCUT2D eigenvalue weighted by Crippen LogP contribution is 2.36. The number of aromatic nitrogens is 2. The molecule has 6 nitrogen and oxygen atoms in total. The van der Waals surface area contributed by atoms with E-state index < -0.39 is 5.41 Å². The van der Waals surface area contributed by atoms with Crippen molar-refractivity contribution in [3.8, 4) is 5.75 Å². The minimum atomic E-state index is -0.555. The van der Waals surface area contributed by atoms with Crippen molar-refractivity contribution in [2.24, 2.45) is 5.41 Å². The lowest BCUT2D eigenvalue weighted by molar-refractivity contribution is -0.159. The van der Waals surface area contributed by atoms with E-state index in [1.807, 2.05) is 43.8 Å². The van der Waals surface area contributed by atoms with Crippen LogP contribution in [0.15, 0.2) is 41.8 Å². The first-order valence-corrected chi connectivity index (χ1v) is 11.2. The van der Waals surface area contributed by atoms with Gasteiger partial charge in [0, 0.05) is 31.0 Å². The molecular weight excluding hydrogens is 386 g/mol. The molecule has 3 rings (SSSR count). The Balaban J connectivity index is 1.79. The summed E-state index contributed by atoms with van der Waals surface area (Å²) < 4.78 is 10.9. The average molecular weight is 416 g/mol. The maximum Gasteiger partial charge on any atom is 0.313 e. The highest BCUT2D eigenvalue weighted by molar-refractivity contribution is 7.98. The topological polar surface area (TPSA) is 64.6 Å². The molecule has 0 radical (unpaired) electrons. The van der Waals surface area contributed by atoms with E-state index in [1.165, 1.54) is 11.8 Å². The quantitative estimate of drug-likeness (QED) is 0.371. The van der Waals surface area contributed by atoms with Crippen LogP contribution in [0.4, 0.5) is 0 Å². The number of likely N-dealkylation sites (tertiary alicyclic amines) is 1. The maximum atomic E-state index is 13.1. The first-order chi connectivity index (χ1) is 14.1. The molecule has 1 aliphatic heterocycles. The number of piperidine rings is 1. The molecule has 29 heavy (non-hydrogen) atoms. The third-order valence-corrected chi connectivity index (χ3v) is 5.89. The fourth-order valence-corrected chi connectivity index (χ4v) is 4.31. The highest BCUT2D eigenvalue weighted by Gasteiger charge is 2.43. The second-order valence-electron chi connectivity index (χ2n) is 7.42. The normalized spacial score (nSPS) is 19.7. The number of benzene rings is 1. The van der Waals surface area contributed by atoms with Crippen LogP contribution in [0.5, 0.6) is 5.75 Å². The van der Waals surface area contributed by atoms with E-state index in [1.54, 1.807) is 7.11 Å². The standard InChI is InChI=1S/C22H29N3O3S/c1-4-28-20(26)22(12-17-7-5-8-19(11-17)27-2)9-6-10-25(16-22)15-18-13-23-21(29-3)24-14-18/h5,7-8,11,13-14H,4,6,9-10,12,15-16H2,1-3H3/t22-/m1/s1. The van der Waals surface area contributed by atoms with Gasteiger partial charge in [0.25, 0.3) is 0 Å². The number of carbonyl (C=O) groups is 1. The Bertz CT molecular complexity index is 815. The fourth-order valence-electron chi connectivity index (χ4n) is 3.99. The van der Waals surface area contributed by atoms with Gasteiger partial charge in [-0.1, -0.05) is 23.9 Å². The van der Waals surface area contributed by atoms with Crippen molar-refractivity contribution in [1.29, 1.82) is 0 Å². The van der Waals surface area contributed by atoms with Crippen LogP contribution in [0.25, 0.3) is 0 Å². The second kappa shape index (κ2) is 10.1. The van der Waals surface area contributed by atoms with E-state index in [0.29, 0.717) is 19.6 Å². The van der Waals surface area contributed by atoms with Crippen molar-refractivity contribution in [3.63, 3.8) is 0 Å². The van der Waals surface area contributed by atoms with Crippen molar-refractivity contribution in [2.75, 3.05) is 33.1 Å². The molecule has 156 valence electrons. The molecule has 0 N–H and O–H groups in total. The summed E-state index contributed by atoms with van der Waals surface area (Å²) in [5.74, 6) is 0.696. The molecule has 0 amide bonds. The van der Waals surface area contributed by atoms with Gasteiger partial charge in [-0.3, -0.25) is 9.69 Å². The Hall–Kier alpha value is -2.12. The van der Waals surface area contributed by atoms with E-state index in [9.17, 15) is 4.79 Å². The van der Waals surface area contributed by atoms with Crippen LogP contribution in [0.2, 0.25) is 0 Å². The molecular formula is C22H29N3O3S. The Morgan fingerprint density at radius 3 is 2.76 bits per heavy atom. The Morgan fingerprint density at radius 1 is 1.28 bits per heavy atom. The number of nitrogens with zero attached hydrogens (tertiary/aromatic N) is 3. The monoisotopic (exact) mass is 415 g/mol. The molecule has 1 saturated heterocycles. The van der Waals surface area contributed by atoms with Crippen LogP contribution >= 0.6 is 11.8 Å². The second-order valence-corrected chi connectivity index (χ2v) is 8.19. The van der Waals surface area contributed by atoms with Crippen molar-refractivity contribution >= 4 is 17.7 Å². The fraction of sp³-hybridized carbons (Fsp3) is 0.500. The number of ether oxygens (including phenoxy) is 2. The van der Waals surface area contributed by atoms with Crippen LogP contribution in [-0.4, -0.2) is 53.9 Å². The van der Waals surface area contributed by atoms with Crippen LogP contribution in [0.3, 0.4) is 0 Å². The summed E-state index contributed by atoms with van der Waals surface area (Å²) in [6.45, 7) is 4.59. The molecule has 1 fully saturated rings. The number of hydrogen-bond acceptors (Lipinski definition) is 7. The molecule has 1 aromatic carbocycles. The zero-order chi connectivity index (χ0) is 20.7. The number of carbonyl (C=O) groups excluding carboxylic acids is 1. The van der Waals surface area contributed by atoms with Gasteiger partial charge in [-0.2, -0.15) is 0 Å². The minimum Gasteiger partial charge on any atom is -0.497 e. The van der Waals surface area contributed by atoms with Crippen molar-refractivity contribution in [2.45, 2.75) is 37.9 Å². The van der Waals surface area contributed by atoms with Gasteiger partial charge in [0.1, 0.15) is 5.75 Å². The molecule has 0 aliphatic carbocycles. The van der Waals surface area contributed by atoms with E-state index >= 15 is 0 Å². The lowest BCUT2D eigenvalue weighted by Gasteiger charge is -2.41. The smallest absolute Gasteiger partial charge is 0.313 e. The van der Waals surface area contributed by atoms with Gasteiger partial charge >= 0.3 is 5.97 Å². The maximum absolute atomic E-state index is 13.1. The highest BCUT2D eigenvalue weighted by atomic mass is 32.2. The minimum absolute atomic E-state index is 0.110. The number of methoxy groups -OCH3 is 1. The zero-order valence-electron chi connectivity index (χ0n) is 17.4. The van der Waals surface area contributed by atoms with E-state index in [0.717, 1.165) is 48.0 Å². The molecule has 7 heteroatoms. The number of rotatable bonds is 8. The summed E-state index contributed by atoms with van der Waals surface area (Å²) in [6, 6.07) is 7.95. The molecule has 2 aromatic rings. The largest absolute Gasteiger partial charge is 0.497 e. The van der Waals surface area contributed by atoms with Crippen molar-refractivity contribution in [3.05, 3.63) is 47.8 Å². The number of esters is 1. The summed E-state index contributed by atoms with van der Waals surface area (Å²) in [5.41, 5.74) is 1.59.